The molecule has 104 valence electrons. The lowest BCUT2D eigenvalue weighted by Gasteiger charge is -2.40. The maximum absolute atomic E-state index is 5.31. The number of hydrogen-bond acceptors (Lipinski definition) is 2. The molecule has 0 aromatic heterocycles. The fourth-order valence-corrected chi connectivity index (χ4v) is 4.34. The van der Waals surface area contributed by atoms with Crippen LogP contribution in [-0.4, -0.2) is 13.2 Å². The first kappa shape index (κ1) is 12.8. The molecule has 2 bridgehead atoms. The van der Waals surface area contributed by atoms with E-state index in [2.05, 4.69) is 44.3 Å². The van der Waals surface area contributed by atoms with Gasteiger partial charge in [-0.25, -0.2) is 0 Å². The van der Waals surface area contributed by atoms with E-state index in [0.717, 1.165) is 11.7 Å². The molecule has 0 radical (unpaired) electrons. The first-order valence-corrected chi connectivity index (χ1v) is 7.38. The fraction of sp³-hybridized carbons (Fsp3) is 0.647. The van der Waals surface area contributed by atoms with Crippen LogP contribution in [0.1, 0.15) is 40.0 Å². The molecule has 0 heterocycles. The zero-order valence-electron chi connectivity index (χ0n) is 12.5. The lowest BCUT2D eigenvalue weighted by Crippen LogP contribution is -2.40. The van der Waals surface area contributed by atoms with Gasteiger partial charge in [0.25, 0.3) is 0 Å². The molecule has 1 N–H and O–H groups in total. The van der Waals surface area contributed by atoms with E-state index in [0.29, 0.717) is 16.9 Å². The maximum atomic E-state index is 5.31. The highest BCUT2D eigenvalue weighted by atomic mass is 16.5. The van der Waals surface area contributed by atoms with Gasteiger partial charge in [-0.2, -0.15) is 0 Å². The summed E-state index contributed by atoms with van der Waals surface area (Å²) in [7, 11) is 1.72. The van der Waals surface area contributed by atoms with E-state index in [1.54, 1.807) is 7.11 Å². The number of benzene rings is 1. The Morgan fingerprint density at radius 1 is 1.26 bits per heavy atom. The average molecular weight is 259 g/mol. The Morgan fingerprint density at radius 2 is 2.05 bits per heavy atom. The normalized spacial score (nSPS) is 35.4. The van der Waals surface area contributed by atoms with E-state index in [1.807, 2.05) is 6.07 Å². The van der Waals surface area contributed by atoms with Crippen molar-refractivity contribution in [2.24, 2.45) is 16.7 Å². The number of fused-ring (bicyclic) bond motifs is 2. The molecule has 2 fully saturated rings. The third-order valence-corrected chi connectivity index (χ3v) is 6.20. The van der Waals surface area contributed by atoms with E-state index in [1.165, 1.54) is 24.9 Å². The van der Waals surface area contributed by atoms with Gasteiger partial charge < -0.3 is 10.1 Å². The first-order chi connectivity index (χ1) is 8.97. The summed E-state index contributed by atoms with van der Waals surface area (Å²) in [6.07, 6.45) is 4.06. The minimum atomic E-state index is 0.417. The quantitative estimate of drug-likeness (QED) is 0.872. The van der Waals surface area contributed by atoms with Crippen LogP contribution >= 0.6 is 0 Å². The van der Waals surface area contributed by atoms with Crippen LogP contribution in [-0.2, 0) is 0 Å². The average Bonchev–Trinajstić information content (AvgIpc) is 2.72. The topological polar surface area (TPSA) is 21.3 Å². The van der Waals surface area contributed by atoms with E-state index in [4.69, 9.17) is 4.74 Å². The molecule has 3 unspecified atom stereocenters. The van der Waals surface area contributed by atoms with Gasteiger partial charge >= 0.3 is 0 Å². The van der Waals surface area contributed by atoms with Crippen molar-refractivity contribution in [3.05, 3.63) is 24.3 Å². The summed E-state index contributed by atoms with van der Waals surface area (Å²) in [6, 6.07) is 8.89. The molecular weight excluding hydrogens is 234 g/mol. The second-order valence-electron chi connectivity index (χ2n) is 7.04. The van der Waals surface area contributed by atoms with Crippen LogP contribution in [0.5, 0.6) is 5.75 Å². The molecule has 0 amide bonds. The summed E-state index contributed by atoms with van der Waals surface area (Å²) < 4.78 is 5.31. The molecule has 0 aliphatic heterocycles. The van der Waals surface area contributed by atoms with Crippen molar-refractivity contribution in [3.8, 4) is 5.75 Å². The minimum Gasteiger partial charge on any atom is -0.497 e. The van der Waals surface area contributed by atoms with Crippen LogP contribution in [0.4, 0.5) is 5.69 Å². The summed E-state index contributed by atoms with van der Waals surface area (Å²) in [5.41, 5.74) is 2.07. The van der Waals surface area contributed by atoms with Gasteiger partial charge in [-0.05, 0) is 48.1 Å². The SMILES string of the molecule is COc1cccc(NC2CC3CCC2(C)C3(C)C)c1. The highest BCUT2D eigenvalue weighted by molar-refractivity contribution is 5.49. The van der Waals surface area contributed by atoms with Crippen molar-refractivity contribution in [3.63, 3.8) is 0 Å². The number of anilines is 1. The van der Waals surface area contributed by atoms with Crippen molar-refractivity contribution >= 4 is 5.69 Å². The van der Waals surface area contributed by atoms with Gasteiger partial charge in [0.2, 0.25) is 0 Å². The molecule has 2 aliphatic carbocycles. The minimum absolute atomic E-state index is 0.417. The van der Waals surface area contributed by atoms with Crippen LogP contribution in [0.25, 0.3) is 0 Å². The molecule has 1 aromatic carbocycles. The van der Waals surface area contributed by atoms with Gasteiger partial charge in [-0.1, -0.05) is 26.8 Å². The Labute approximate surface area is 116 Å². The predicted octanol–water partition coefficient (Wildman–Crippen LogP) is 4.32. The van der Waals surface area contributed by atoms with Crippen molar-refractivity contribution in [1.82, 2.24) is 0 Å². The Morgan fingerprint density at radius 3 is 2.63 bits per heavy atom. The smallest absolute Gasteiger partial charge is 0.120 e. The van der Waals surface area contributed by atoms with Gasteiger partial charge in [0.1, 0.15) is 5.75 Å². The monoisotopic (exact) mass is 259 g/mol. The molecule has 2 heteroatoms. The Bertz CT molecular complexity index is 482. The van der Waals surface area contributed by atoms with Crippen molar-refractivity contribution in [1.29, 1.82) is 0 Å². The number of methoxy groups -OCH3 is 1. The molecule has 19 heavy (non-hydrogen) atoms. The standard InChI is InChI=1S/C17H25NO/c1-16(2)12-8-9-17(16,3)15(10-12)18-13-6-5-7-14(11-13)19-4/h5-7,11-12,15,18H,8-10H2,1-4H3. The second kappa shape index (κ2) is 4.16. The Kier molecular flexibility index (Phi) is 2.81. The summed E-state index contributed by atoms with van der Waals surface area (Å²) in [5, 5.41) is 3.76. The summed E-state index contributed by atoms with van der Waals surface area (Å²) in [6.45, 7) is 7.38. The van der Waals surface area contributed by atoms with Crippen LogP contribution < -0.4 is 10.1 Å². The summed E-state index contributed by atoms with van der Waals surface area (Å²) in [5.74, 6) is 1.80. The van der Waals surface area contributed by atoms with Gasteiger partial charge in [0, 0.05) is 17.8 Å². The summed E-state index contributed by atoms with van der Waals surface area (Å²) >= 11 is 0. The van der Waals surface area contributed by atoms with Crippen LogP contribution in [0.2, 0.25) is 0 Å². The first-order valence-electron chi connectivity index (χ1n) is 7.38. The number of rotatable bonds is 3. The molecule has 2 nitrogen and oxygen atoms in total. The van der Waals surface area contributed by atoms with Crippen LogP contribution in [0.15, 0.2) is 24.3 Å². The zero-order valence-corrected chi connectivity index (χ0v) is 12.5. The lowest BCUT2D eigenvalue weighted by atomic mass is 9.69. The molecule has 3 rings (SSSR count). The van der Waals surface area contributed by atoms with Gasteiger partial charge in [0.05, 0.1) is 7.11 Å². The predicted molar refractivity (Wildman–Crippen MR) is 79.6 cm³/mol. The van der Waals surface area contributed by atoms with Crippen LogP contribution in [0, 0.1) is 16.7 Å². The molecule has 1 aromatic rings. The Balaban J connectivity index is 1.82. The van der Waals surface area contributed by atoms with E-state index in [9.17, 15) is 0 Å². The lowest BCUT2D eigenvalue weighted by molar-refractivity contribution is 0.142. The zero-order chi connectivity index (χ0) is 13.7. The maximum Gasteiger partial charge on any atom is 0.120 e. The number of ether oxygens (including phenoxy) is 1. The molecule has 0 saturated heterocycles. The van der Waals surface area contributed by atoms with Crippen molar-refractivity contribution in [2.45, 2.75) is 46.1 Å². The molecule has 0 spiro atoms. The molecular formula is C17H25NO. The third-order valence-electron chi connectivity index (χ3n) is 6.20. The van der Waals surface area contributed by atoms with Crippen molar-refractivity contribution < 1.29 is 4.74 Å². The summed E-state index contributed by atoms with van der Waals surface area (Å²) in [4.78, 5) is 0. The van der Waals surface area contributed by atoms with Gasteiger partial charge in [0.15, 0.2) is 0 Å². The van der Waals surface area contributed by atoms with E-state index in [-0.39, 0.29) is 0 Å². The Hall–Kier alpha value is -1.18. The largest absolute Gasteiger partial charge is 0.497 e. The second-order valence-corrected chi connectivity index (χ2v) is 7.04. The highest BCUT2D eigenvalue weighted by Gasteiger charge is 2.61. The van der Waals surface area contributed by atoms with E-state index < -0.39 is 0 Å². The molecule has 3 atom stereocenters. The van der Waals surface area contributed by atoms with Gasteiger partial charge in [-0.15, -0.1) is 0 Å². The fourth-order valence-electron chi connectivity index (χ4n) is 4.34. The van der Waals surface area contributed by atoms with Gasteiger partial charge in [-0.3, -0.25) is 0 Å². The third kappa shape index (κ3) is 1.76. The number of nitrogens with one attached hydrogen (secondary N) is 1. The molecule has 2 saturated carbocycles. The van der Waals surface area contributed by atoms with Crippen LogP contribution in [0.3, 0.4) is 0 Å². The van der Waals surface area contributed by atoms with Crippen molar-refractivity contribution in [2.75, 3.05) is 12.4 Å². The van der Waals surface area contributed by atoms with E-state index >= 15 is 0 Å². The highest BCUT2D eigenvalue weighted by Crippen LogP contribution is 2.65. The molecule has 2 aliphatic rings. The number of hydrogen-bond donors (Lipinski definition) is 1.